The van der Waals surface area contributed by atoms with Crippen LogP contribution in [0.2, 0.25) is 0 Å². The summed E-state index contributed by atoms with van der Waals surface area (Å²) in [7, 11) is -7.98. The van der Waals surface area contributed by atoms with Gasteiger partial charge < -0.3 is 9.47 Å². The smallest absolute Gasteiger partial charge is 0.262 e. The van der Waals surface area contributed by atoms with Gasteiger partial charge in [0.25, 0.3) is 10.0 Å². The molecular weight excluding hydrogens is 478 g/mol. The number of sulfonamides is 2. The second-order valence-corrected chi connectivity index (χ2v) is 11.0. The van der Waals surface area contributed by atoms with E-state index in [0.29, 0.717) is 11.3 Å². The van der Waals surface area contributed by atoms with Crippen LogP contribution >= 0.6 is 0 Å². The standard InChI is InChI=1S/C23H21N3O6S2/c24-17-18-6-8-20(9-7-18)33(27,28)25-22-16-21(34(29,30)26-12-14-31-15-13-26)10-11-23(22)32-19-4-2-1-3-5-19/h1-11,16,25H,12-15H2. The van der Waals surface area contributed by atoms with Gasteiger partial charge in [0.05, 0.1) is 40.3 Å². The monoisotopic (exact) mass is 499 g/mol. The molecule has 0 saturated carbocycles. The summed E-state index contributed by atoms with van der Waals surface area (Å²) in [6.07, 6.45) is 0. The lowest BCUT2D eigenvalue weighted by molar-refractivity contribution is 0.0730. The summed E-state index contributed by atoms with van der Waals surface area (Å²) in [5.41, 5.74) is 0.271. The van der Waals surface area contributed by atoms with E-state index in [9.17, 15) is 16.8 Å². The zero-order valence-electron chi connectivity index (χ0n) is 17.9. The average molecular weight is 500 g/mol. The van der Waals surface area contributed by atoms with Crippen LogP contribution < -0.4 is 9.46 Å². The van der Waals surface area contributed by atoms with Crippen molar-refractivity contribution in [3.05, 3.63) is 78.4 Å². The molecule has 1 N–H and O–H groups in total. The summed E-state index contributed by atoms with van der Waals surface area (Å²) in [6, 6.07) is 20.0. The van der Waals surface area contributed by atoms with Crippen molar-refractivity contribution in [1.82, 2.24) is 4.31 Å². The maximum Gasteiger partial charge on any atom is 0.262 e. The van der Waals surface area contributed by atoms with E-state index >= 15 is 0 Å². The van der Waals surface area contributed by atoms with Crippen molar-refractivity contribution >= 4 is 25.7 Å². The molecule has 0 atom stereocenters. The van der Waals surface area contributed by atoms with Crippen LogP contribution in [0.4, 0.5) is 5.69 Å². The predicted molar refractivity (Wildman–Crippen MR) is 125 cm³/mol. The van der Waals surface area contributed by atoms with Crippen LogP contribution in [0, 0.1) is 11.3 Å². The molecule has 3 aromatic carbocycles. The first-order valence-electron chi connectivity index (χ1n) is 10.3. The number of hydrogen-bond acceptors (Lipinski definition) is 7. The summed E-state index contributed by atoms with van der Waals surface area (Å²) in [5.74, 6) is 0.578. The number of anilines is 1. The third-order valence-electron chi connectivity index (χ3n) is 5.07. The number of nitriles is 1. The Balaban J connectivity index is 1.73. The quantitative estimate of drug-likeness (QED) is 0.529. The molecule has 1 aliphatic rings. The van der Waals surface area contributed by atoms with E-state index in [-0.39, 0.29) is 47.5 Å². The molecule has 0 bridgehead atoms. The number of nitrogens with zero attached hydrogens (tertiary/aromatic N) is 2. The minimum absolute atomic E-state index is 0.0393. The third-order valence-corrected chi connectivity index (χ3v) is 8.34. The van der Waals surface area contributed by atoms with Gasteiger partial charge in [-0.05, 0) is 54.6 Å². The Labute approximate surface area is 198 Å². The van der Waals surface area contributed by atoms with E-state index in [2.05, 4.69) is 4.72 Å². The summed E-state index contributed by atoms with van der Waals surface area (Å²) in [6.45, 7) is 0.979. The number of hydrogen-bond donors (Lipinski definition) is 1. The Morgan fingerprint density at radius 3 is 2.18 bits per heavy atom. The van der Waals surface area contributed by atoms with Crippen molar-refractivity contribution in [3.63, 3.8) is 0 Å². The number of para-hydroxylation sites is 1. The lowest BCUT2D eigenvalue weighted by atomic mass is 10.2. The molecule has 9 nitrogen and oxygen atoms in total. The molecule has 1 saturated heterocycles. The fourth-order valence-electron chi connectivity index (χ4n) is 3.30. The molecule has 0 aromatic heterocycles. The van der Waals surface area contributed by atoms with Gasteiger partial charge in [0.1, 0.15) is 5.75 Å². The number of morpholine rings is 1. The third kappa shape index (κ3) is 5.21. The SMILES string of the molecule is N#Cc1ccc(S(=O)(=O)Nc2cc(S(=O)(=O)N3CCOCC3)ccc2Oc2ccccc2)cc1. The van der Waals surface area contributed by atoms with E-state index < -0.39 is 20.0 Å². The van der Waals surface area contributed by atoms with E-state index in [1.54, 1.807) is 30.3 Å². The summed E-state index contributed by atoms with van der Waals surface area (Å²) < 4.78 is 67.2. The van der Waals surface area contributed by atoms with Crippen LogP contribution in [0.15, 0.2) is 82.6 Å². The molecule has 3 aromatic rings. The predicted octanol–water partition coefficient (Wildman–Crippen LogP) is 3.17. The van der Waals surface area contributed by atoms with Gasteiger partial charge in [-0.3, -0.25) is 4.72 Å². The zero-order valence-corrected chi connectivity index (χ0v) is 19.6. The van der Waals surface area contributed by atoms with Gasteiger partial charge in [-0.1, -0.05) is 18.2 Å². The number of rotatable bonds is 7. The van der Waals surface area contributed by atoms with Crippen LogP contribution in [0.5, 0.6) is 11.5 Å². The van der Waals surface area contributed by atoms with Crippen molar-refractivity contribution in [2.45, 2.75) is 9.79 Å². The summed E-state index contributed by atoms with van der Waals surface area (Å²) >= 11 is 0. The number of benzene rings is 3. The van der Waals surface area contributed by atoms with Crippen molar-refractivity contribution in [3.8, 4) is 17.6 Å². The van der Waals surface area contributed by atoms with Crippen LogP contribution in [0.25, 0.3) is 0 Å². The molecule has 4 rings (SSSR count). The molecule has 1 aliphatic heterocycles. The van der Waals surface area contributed by atoms with Crippen LogP contribution in [0.1, 0.15) is 5.56 Å². The van der Waals surface area contributed by atoms with E-state index in [4.69, 9.17) is 14.7 Å². The van der Waals surface area contributed by atoms with Crippen LogP contribution in [-0.2, 0) is 24.8 Å². The molecule has 11 heteroatoms. The highest BCUT2D eigenvalue weighted by Crippen LogP contribution is 2.34. The van der Waals surface area contributed by atoms with Gasteiger partial charge in [-0.25, -0.2) is 16.8 Å². The summed E-state index contributed by atoms with van der Waals surface area (Å²) in [4.78, 5) is -0.161. The largest absolute Gasteiger partial charge is 0.455 e. The molecule has 1 fully saturated rings. The number of ether oxygens (including phenoxy) is 2. The van der Waals surface area contributed by atoms with Gasteiger partial charge >= 0.3 is 0 Å². The fraction of sp³-hybridized carbons (Fsp3) is 0.174. The van der Waals surface area contributed by atoms with Gasteiger partial charge in [0.15, 0.2) is 5.75 Å². The Kier molecular flexibility index (Phi) is 6.85. The topological polar surface area (TPSA) is 126 Å². The van der Waals surface area contributed by atoms with Crippen LogP contribution in [-0.4, -0.2) is 47.4 Å². The normalized spacial score (nSPS) is 14.8. The second-order valence-electron chi connectivity index (χ2n) is 7.33. The maximum atomic E-state index is 13.1. The average Bonchev–Trinajstić information content (AvgIpc) is 2.86. The van der Waals surface area contributed by atoms with E-state index in [1.165, 1.54) is 46.8 Å². The first-order chi connectivity index (χ1) is 16.3. The molecular formula is C23H21N3O6S2. The first-order valence-corrected chi connectivity index (χ1v) is 13.2. The van der Waals surface area contributed by atoms with Gasteiger partial charge in [0.2, 0.25) is 10.0 Å². The minimum atomic E-state index is -4.11. The van der Waals surface area contributed by atoms with Crippen molar-refractivity contribution < 1.29 is 26.3 Å². The van der Waals surface area contributed by atoms with Gasteiger partial charge in [0, 0.05) is 13.1 Å². The number of nitrogens with one attached hydrogen (secondary N) is 1. The second kappa shape index (κ2) is 9.82. The fourth-order valence-corrected chi connectivity index (χ4v) is 5.80. The van der Waals surface area contributed by atoms with Gasteiger partial charge in [-0.15, -0.1) is 0 Å². The molecule has 0 spiro atoms. The maximum absolute atomic E-state index is 13.1. The molecule has 0 radical (unpaired) electrons. The molecule has 176 valence electrons. The lowest BCUT2D eigenvalue weighted by Crippen LogP contribution is -2.40. The van der Waals surface area contributed by atoms with Crippen molar-refractivity contribution in [1.29, 1.82) is 5.26 Å². The Morgan fingerprint density at radius 2 is 1.53 bits per heavy atom. The summed E-state index contributed by atoms with van der Waals surface area (Å²) in [5, 5.41) is 8.96. The highest BCUT2D eigenvalue weighted by molar-refractivity contribution is 7.92. The molecule has 0 aliphatic carbocycles. The molecule has 0 amide bonds. The zero-order chi connectivity index (χ0) is 24.2. The molecule has 0 unspecified atom stereocenters. The first kappa shape index (κ1) is 23.7. The highest BCUT2D eigenvalue weighted by Gasteiger charge is 2.28. The highest BCUT2D eigenvalue weighted by atomic mass is 32.2. The van der Waals surface area contributed by atoms with E-state index in [1.807, 2.05) is 6.07 Å². The lowest BCUT2D eigenvalue weighted by Gasteiger charge is -2.26. The Hall–Kier alpha value is -3.43. The Morgan fingerprint density at radius 1 is 0.882 bits per heavy atom. The molecule has 1 heterocycles. The minimum Gasteiger partial charge on any atom is -0.455 e. The van der Waals surface area contributed by atoms with Crippen molar-refractivity contribution in [2.75, 3.05) is 31.0 Å². The van der Waals surface area contributed by atoms with Crippen molar-refractivity contribution in [2.24, 2.45) is 0 Å². The van der Waals surface area contributed by atoms with E-state index in [0.717, 1.165) is 0 Å². The Bertz CT molecular complexity index is 1410. The molecule has 34 heavy (non-hydrogen) atoms. The van der Waals surface area contributed by atoms with Gasteiger partial charge in [-0.2, -0.15) is 9.57 Å². The van der Waals surface area contributed by atoms with Crippen LogP contribution in [0.3, 0.4) is 0 Å².